The first-order valence-corrected chi connectivity index (χ1v) is 9.31. The highest BCUT2D eigenvalue weighted by Crippen LogP contribution is 2.39. The lowest BCUT2D eigenvalue weighted by atomic mass is 10.2. The fraction of sp³-hybridized carbons (Fsp3) is 0.429. The molecule has 0 bridgehead atoms. The Balaban J connectivity index is 1.81. The summed E-state index contributed by atoms with van der Waals surface area (Å²) in [5.41, 5.74) is 6.51. The number of epoxide rings is 1. The number of fused-ring (bicyclic) bond motifs is 1. The predicted octanol–water partition coefficient (Wildman–Crippen LogP) is -0.105. The molecule has 2 fully saturated rings. The van der Waals surface area contributed by atoms with Gasteiger partial charge in [-0.2, -0.15) is 0 Å². The molecule has 10 heteroatoms. The van der Waals surface area contributed by atoms with Crippen molar-refractivity contribution in [3.05, 3.63) is 18.5 Å². The van der Waals surface area contributed by atoms with Gasteiger partial charge in [-0.05, 0) is 6.92 Å². The highest BCUT2D eigenvalue weighted by Gasteiger charge is 2.53. The third kappa shape index (κ3) is 2.57. The number of nitrogens with two attached hydrogens (primary N) is 1. The summed E-state index contributed by atoms with van der Waals surface area (Å²) in [7, 11) is -3.56. The summed E-state index contributed by atoms with van der Waals surface area (Å²) in [4.78, 5) is 18.3. The topological polar surface area (TPSA) is 127 Å². The standard InChI is InChI=1S/C14H16N6O3S/c1-7-12-10(23-12)6-20(7)11-3-9(8-4-16-13(15)17-5-8)18-14(19-11)24(2,21)22/h3-5,7,10,12H,6H2,1-2H3,(H2,15,16,17)/t7-,10?,12-/m0/s1. The third-order valence-electron chi connectivity index (χ3n) is 4.25. The number of nitrogen functional groups attached to an aromatic ring is 1. The minimum atomic E-state index is -3.56. The monoisotopic (exact) mass is 348 g/mol. The van der Waals surface area contributed by atoms with Crippen molar-refractivity contribution in [2.24, 2.45) is 0 Å². The molecule has 2 N–H and O–H groups in total. The Hall–Kier alpha value is -2.33. The van der Waals surface area contributed by atoms with E-state index < -0.39 is 9.84 Å². The number of hydrogen-bond donors (Lipinski definition) is 1. The van der Waals surface area contributed by atoms with Crippen LogP contribution in [0.5, 0.6) is 0 Å². The molecule has 2 aliphatic rings. The Morgan fingerprint density at radius 1 is 1.29 bits per heavy atom. The molecule has 24 heavy (non-hydrogen) atoms. The summed E-state index contributed by atoms with van der Waals surface area (Å²) in [5.74, 6) is 0.697. The van der Waals surface area contributed by atoms with Crippen molar-refractivity contribution in [3.8, 4) is 11.3 Å². The largest absolute Gasteiger partial charge is 0.368 e. The summed E-state index contributed by atoms with van der Waals surface area (Å²) >= 11 is 0. The van der Waals surface area contributed by atoms with Crippen LogP contribution in [0.2, 0.25) is 0 Å². The zero-order chi connectivity index (χ0) is 17.1. The molecule has 0 amide bonds. The molecule has 3 atom stereocenters. The van der Waals surface area contributed by atoms with Gasteiger partial charge in [0.15, 0.2) is 0 Å². The molecular weight excluding hydrogens is 332 g/mol. The molecule has 126 valence electrons. The molecule has 0 aromatic carbocycles. The first kappa shape index (κ1) is 15.2. The fourth-order valence-corrected chi connectivity index (χ4v) is 3.43. The SMILES string of the molecule is C[C@H]1[C@@H]2OC2CN1c1cc(-c2cnc(N)nc2)nc(S(C)(=O)=O)n1. The average molecular weight is 348 g/mol. The fourth-order valence-electron chi connectivity index (χ4n) is 2.91. The van der Waals surface area contributed by atoms with Gasteiger partial charge in [-0.3, -0.25) is 0 Å². The van der Waals surface area contributed by atoms with Crippen molar-refractivity contribution in [1.82, 2.24) is 19.9 Å². The third-order valence-corrected chi connectivity index (χ3v) is 5.10. The van der Waals surface area contributed by atoms with Crippen molar-refractivity contribution >= 4 is 21.6 Å². The van der Waals surface area contributed by atoms with E-state index in [1.54, 1.807) is 6.07 Å². The molecule has 0 radical (unpaired) electrons. The van der Waals surface area contributed by atoms with E-state index in [9.17, 15) is 8.42 Å². The van der Waals surface area contributed by atoms with Gasteiger partial charge in [0.25, 0.3) is 0 Å². The van der Waals surface area contributed by atoms with Crippen LogP contribution in [-0.4, -0.2) is 59.4 Å². The van der Waals surface area contributed by atoms with Gasteiger partial charge >= 0.3 is 0 Å². The zero-order valence-corrected chi connectivity index (χ0v) is 13.9. The maximum Gasteiger partial charge on any atom is 0.249 e. The minimum absolute atomic E-state index is 0.132. The number of rotatable bonds is 3. The first-order chi connectivity index (χ1) is 11.3. The van der Waals surface area contributed by atoms with E-state index in [1.165, 1.54) is 12.4 Å². The molecule has 0 spiro atoms. The van der Waals surface area contributed by atoms with Gasteiger partial charge in [-0.25, -0.2) is 28.4 Å². The highest BCUT2D eigenvalue weighted by atomic mass is 32.2. The molecule has 1 unspecified atom stereocenters. The van der Waals surface area contributed by atoms with Gasteiger partial charge < -0.3 is 15.4 Å². The highest BCUT2D eigenvalue weighted by molar-refractivity contribution is 7.90. The van der Waals surface area contributed by atoms with Gasteiger partial charge in [0, 0.05) is 36.8 Å². The van der Waals surface area contributed by atoms with Crippen LogP contribution in [0.3, 0.4) is 0 Å². The van der Waals surface area contributed by atoms with Crippen LogP contribution in [0.1, 0.15) is 6.92 Å². The number of morpholine rings is 1. The van der Waals surface area contributed by atoms with E-state index >= 15 is 0 Å². The number of ether oxygens (including phenoxy) is 1. The number of hydrogen-bond acceptors (Lipinski definition) is 9. The lowest BCUT2D eigenvalue weighted by molar-refractivity contribution is 0.318. The van der Waals surface area contributed by atoms with Crippen LogP contribution < -0.4 is 10.6 Å². The number of sulfone groups is 1. The minimum Gasteiger partial charge on any atom is -0.368 e. The molecule has 2 aromatic rings. The summed E-state index contributed by atoms with van der Waals surface area (Å²) in [6, 6.07) is 1.87. The average Bonchev–Trinajstić information content (AvgIpc) is 3.24. The maximum absolute atomic E-state index is 12.0. The van der Waals surface area contributed by atoms with Gasteiger partial charge in [0.05, 0.1) is 11.7 Å². The van der Waals surface area contributed by atoms with Crippen LogP contribution in [0.25, 0.3) is 11.3 Å². The molecule has 2 aliphatic heterocycles. The van der Waals surface area contributed by atoms with E-state index in [0.29, 0.717) is 23.6 Å². The van der Waals surface area contributed by atoms with Crippen LogP contribution in [0, 0.1) is 0 Å². The molecule has 0 aliphatic carbocycles. The maximum atomic E-state index is 12.0. The van der Waals surface area contributed by atoms with Crippen LogP contribution in [0.4, 0.5) is 11.8 Å². The Labute approximate surface area is 138 Å². The Morgan fingerprint density at radius 3 is 2.58 bits per heavy atom. The van der Waals surface area contributed by atoms with Gasteiger partial charge in [-0.1, -0.05) is 0 Å². The van der Waals surface area contributed by atoms with Crippen LogP contribution in [-0.2, 0) is 14.6 Å². The predicted molar refractivity (Wildman–Crippen MR) is 86.0 cm³/mol. The summed E-state index contributed by atoms with van der Waals surface area (Å²) < 4.78 is 29.5. The smallest absolute Gasteiger partial charge is 0.249 e. The van der Waals surface area contributed by atoms with Crippen LogP contribution >= 0.6 is 0 Å². The van der Waals surface area contributed by atoms with Gasteiger partial charge in [-0.15, -0.1) is 0 Å². The number of aromatic nitrogens is 4. The van der Waals surface area contributed by atoms with Crippen molar-refractivity contribution in [1.29, 1.82) is 0 Å². The summed E-state index contributed by atoms with van der Waals surface area (Å²) in [6.45, 7) is 2.72. The lowest BCUT2D eigenvalue weighted by Crippen LogP contribution is -2.33. The molecule has 2 saturated heterocycles. The van der Waals surface area contributed by atoms with Gasteiger partial charge in [0.1, 0.15) is 18.0 Å². The second-order valence-corrected chi connectivity index (χ2v) is 7.94. The van der Waals surface area contributed by atoms with Crippen molar-refractivity contribution in [2.75, 3.05) is 23.4 Å². The second-order valence-electron chi connectivity index (χ2n) is 6.03. The normalized spacial score (nSPS) is 25.6. The molecular formula is C14H16N6O3S. The first-order valence-electron chi connectivity index (χ1n) is 7.42. The van der Waals surface area contributed by atoms with Crippen molar-refractivity contribution in [2.45, 2.75) is 30.3 Å². The Bertz CT molecular complexity index is 901. The van der Waals surface area contributed by atoms with E-state index in [2.05, 4.69) is 19.9 Å². The quantitative estimate of drug-likeness (QED) is 0.597. The van der Waals surface area contributed by atoms with E-state index in [-0.39, 0.29) is 29.4 Å². The molecule has 2 aromatic heterocycles. The van der Waals surface area contributed by atoms with E-state index in [4.69, 9.17) is 10.5 Å². The molecule has 0 saturated carbocycles. The van der Waals surface area contributed by atoms with E-state index in [1.807, 2.05) is 11.8 Å². The summed E-state index contributed by atoms with van der Waals surface area (Å²) in [6.07, 6.45) is 4.48. The lowest BCUT2D eigenvalue weighted by Gasteiger charge is -2.25. The summed E-state index contributed by atoms with van der Waals surface area (Å²) in [5, 5.41) is -0.222. The molecule has 4 heterocycles. The number of nitrogens with zero attached hydrogens (tertiary/aromatic N) is 5. The molecule has 9 nitrogen and oxygen atoms in total. The Morgan fingerprint density at radius 2 is 2.00 bits per heavy atom. The number of anilines is 2. The molecule has 4 rings (SSSR count). The second kappa shape index (κ2) is 5.08. The van der Waals surface area contributed by atoms with E-state index in [0.717, 1.165) is 6.26 Å². The van der Waals surface area contributed by atoms with Gasteiger partial charge in [0.2, 0.25) is 20.9 Å². The zero-order valence-electron chi connectivity index (χ0n) is 13.1. The van der Waals surface area contributed by atoms with Crippen molar-refractivity contribution < 1.29 is 13.2 Å². The van der Waals surface area contributed by atoms with Crippen LogP contribution in [0.15, 0.2) is 23.6 Å². The Kier molecular flexibility index (Phi) is 3.22. The van der Waals surface area contributed by atoms with Crippen molar-refractivity contribution in [3.63, 3.8) is 0 Å².